The topological polar surface area (TPSA) is 98.7 Å². The van der Waals surface area contributed by atoms with Crippen LogP contribution in [-0.4, -0.2) is 70.9 Å². The molecule has 1 aliphatic rings. The molecule has 41 heavy (non-hydrogen) atoms. The molecule has 0 bridgehead atoms. The van der Waals surface area contributed by atoms with Gasteiger partial charge in [0.15, 0.2) is 11.5 Å². The molecule has 1 fully saturated rings. The summed E-state index contributed by atoms with van der Waals surface area (Å²) < 4.78 is 77.6. The van der Waals surface area contributed by atoms with E-state index in [-0.39, 0.29) is 48.7 Å². The van der Waals surface area contributed by atoms with Crippen LogP contribution < -0.4 is 10.2 Å². The summed E-state index contributed by atoms with van der Waals surface area (Å²) in [5.74, 6) is 3.89. The molecule has 0 unspecified atom stereocenters. The zero-order valence-corrected chi connectivity index (χ0v) is 21.1. The van der Waals surface area contributed by atoms with Crippen LogP contribution in [0.3, 0.4) is 0 Å². The van der Waals surface area contributed by atoms with E-state index in [4.69, 9.17) is 0 Å². The molecule has 2 aromatic carbocycles. The van der Waals surface area contributed by atoms with Gasteiger partial charge in [-0.1, -0.05) is 17.9 Å². The van der Waals surface area contributed by atoms with Gasteiger partial charge in [-0.2, -0.15) is 26.3 Å². The van der Waals surface area contributed by atoms with Crippen LogP contribution in [0.1, 0.15) is 37.5 Å². The number of aromatic nitrogens is 2. The minimum Gasteiger partial charge on any atom is -0.508 e. The maximum atomic E-state index is 13.6. The number of halogens is 6. The Balaban J connectivity index is 1.44. The second-order valence-electron chi connectivity index (χ2n) is 8.95. The molecule has 1 aliphatic heterocycles. The zero-order chi connectivity index (χ0) is 29.8. The Kier molecular flexibility index (Phi) is 8.36. The minimum atomic E-state index is -4.72. The summed E-state index contributed by atoms with van der Waals surface area (Å²) in [5, 5.41) is 18.8. The molecule has 2 heterocycles. The van der Waals surface area contributed by atoms with E-state index in [0.29, 0.717) is 11.4 Å². The van der Waals surface area contributed by atoms with Crippen molar-refractivity contribution in [3.63, 3.8) is 0 Å². The number of phenolic OH excluding ortho intramolecular Hbond substituents is 1. The summed E-state index contributed by atoms with van der Waals surface area (Å²) in [6, 6.07) is 11.4. The normalized spacial score (nSPS) is 13.8. The van der Waals surface area contributed by atoms with Gasteiger partial charge in [0, 0.05) is 42.9 Å². The molecule has 0 saturated carbocycles. The van der Waals surface area contributed by atoms with Crippen LogP contribution in [0.2, 0.25) is 0 Å². The van der Waals surface area contributed by atoms with Gasteiger partial charge in [-0.15, -0.1) is 10.2 Å². The van der Waals surface area contributed by atoms with E-state index in [1.807, 2.05) is 0 Å². The predicted octanol–water partition coefficient (Wildman–Crippen LogP) is 3.86. The van der Waals surface area contributed by atoms with Gasteiger partial charge in [0.25, 0.3) is 11.8 Å². The molecule has 14 heteroatoms. The van der Waals surface area contributed by atoms with Crippen LogP contribution in [0.25, 0.3) is 0 Å². The molecule has 0 spiro atoms. The summed E-state index contributed by atoms with van der Waals surface area (Å²) >= 11 is 0. The van der Waals surface area contributed by atoms with E-state index >= 15 is 0 Å². The number of carbonyl (C=O) groups excluding carboxylic acids is 2. The smallest absolute Gasteiger partial charge is 0.416 e. The molecular formula is C27H21F6N5O3. The number of nitrogens with zero attached hydrogens (tertiary/aromatic N) is 4. The van der Waals surface area contributed by atoms with Gasteiger partial charge in [0.2, 0.25) is 0 Å². The van der Waals surface area contributed by atoms with Gasteiger partial charge in [0.1, 0.15) is 12.3 Å². The van der Waals surface area contributed by atoms with Crippen LogP contribution in [-0.2, 0) is 6.18 Å². The average molecular weight is 577 g/mol. The van der Waals surface area contributed by atoms with Crippen molar-refractivity contribution < 1.29 is 41.0 Å². The summed E-state index contributed by atoms with van der Waals surface area (Å²) in [6.07, 6.45) is -9.29. The standard InChI is InChI=1S/C27H21F6N5O3/c28-26(29,30)16-34-24(40)22-6-7-23(36-35-22)37-8-10-38(11-9-37)25(41)19-12-18(13-20(15-19)27(31,32)33)5-4-17-2-1-3-21(39)14-17/h1-3,6-7,12-15,39H,8-11,16H2,(H,34,40). The SMILES string of the molecule is O=C(NCC(F)(F)F)c1ccc(N2CCN(C(=O)c3cc(C#Cc4cccc(O)c4)cc(C(F)(F)F)c3)CC2)nn1. The highest BCUT2D eigenvalue weighted by atomic mass is 19.4. The lowest BCUT2D eigenvalue weighted by Gasteiger charge is -2.35. The first-order chi connectivity index (χ1) is 19.3. The fourth-order valence-electron chi connectivity index (χ4n) is 3.92. The van der Waals surface area contributed by atoms with Crippen molar-refractivity contribution in [1.82, 2.24) is 20.4 Å². The molecule has 2 N–H and O–H groups in total. The molecule has 4 rings (SSSR count). The van der Waals surface area contributed by atoms with Gasteiger partial charge < -0.3 is 20.2 Å². The first-order valence-electron chi connectivity index (χ1n) is 12.0. The highest BCUT2D eigenvalue weighted by Crippen LogP contribution is 2.31. The Morgan fingerprint density at radius 3 is 2.20 bits per heavy atom. The van der Waals surface area contributed by atoms with Crippen LogP contribution in [0, 0.1) is 11.8 Å². The first kappa shape index (κ1) is 29.2. The molecule has 3 aromatic rings. The predicted molar refractivity (Wildman–Crippen MR) is 134 cm³/mol. The number of phenols is 1. The van der Waals surface area contributed by atoms with Gasteiger partial charge in [-0.3, -0.25) is 9.59 Å². The Labute approximate surface area is 229 Å². The lowest BCUT2D eigenvalue weighted by atomic mass is 10.0. The molecule has 214 valence electrons. The van der Waals surface area contributed by atoms with E-state index in [1.54, 1.807) is 16.3 Å². The number of anilines is 1. The summed E-state index contributed by atoms with van der Waals surface area (Å²) in [4.78, 5) is 28.1. The molecule has 1 saturated heterocycles. The molecule has 0 aliphatic carbocycles. The number of hydrogen-bond acceptors (Lipinski definition) is 6. The third-order valence-corrected chi connectivity index (χ3v) is 5.93. The Hall–Kier alpha value is -4.80. The van der Waals surface area contributed by atoms with E-state index in [0.717, 1.165) is 12.1 Å². The van der Waals surface area contributed by atoms with Gasteiger partial charge in [-0.05, 0) is 48.5 Å². The molecule has 0 atom stereocenters. The number of nitrogens with one attached hydrogen (secondary N) is 1. The number of benzene rings is 2. The Bertz CT molecular complexity index is 1490. The summed E-state index contributed by atoms with van der Waals surface area (Å²) in [7, 11) is 0. The number of amides is 2. The third kappa shape index (κ3) is 7.87. The fourth-order valence-corrected chi connectivity index (χ4v) is 3.92. The Morgan fingerprint density at radius 2 is 1.59 bits per heavy atom. The molecule has 2 amide bonds. The van der Waals surface area contributed by atoms with Crippen LogP contribution in [0.4, 0.5) is 32.2 Å². The molecular weight excluding hydrogens is 556 g/mol. The van der Waals surface area contributed by atoms with Crippen LogP contribution in [0.15, 0.2) is 54.6 Å². The molecule has 1 aromatic heterocycles. The lowest BCUT2D eigenvalue weighted by molar-refractivity contribution is -0.137. The van der Waals surface area contributed by atoms with Gasteiger partial charge in [-0.25, -0.2) is 0 Å². The zero-order valence-electron chi connectivity index (χ0n) is 21.1. The monoisotopic (exact) mass is 577 g/mol. The first-order valence-corrected chi connectivity index (χ1v) is 12.0. The third-order valence-electron chi connectivity index (χ3n) is 5.93. The fraction of sp³-hybridized carbons (Fsp3) is 0.259. The largest absolute Gasteiger partial charge is 0.508 e. The number of alkyl halides is 6. The number of rotatable bonds is 4. The summed E-state index contributed by atoms with van der Waals surface area (Å²) in [6.45, 7) is -0.765. The van der Waals surface area contributed by atoms with Crippen molar-refractivity contribution in [1.29, 1.82) is 0 Å². The maximum Gasteiger partial charge on any atom is 0.416 e. The highest BCUT2D eigenvalue weighted by Gasteiger charge is 2.33. The number of carbonyl (C=O) groups is 2. The highest BCUT2D eigenvalue weighted by molar-refractivity contribution is 5.95. The average Bonchev–Trinajstić information content (AvgIpc) is 2.93. The van der Waals surface area contributed by atoms with E-state index < -0.39 is 36.3 Å². The number of hydrogen-bond donors (Lipinski definition) is 2. The van der Waals surface area contributed by atoms with Crippen molar-refractivity contribution in [2.45, 2.75) is 12.4 Å². The minimum absolute atomic E-state index is 0.0280. The van der Waals surface area contributed by atoms with E-state index in [9.17, 15) is 41.0 Å². The number of piperazine rings is 1. The van der Waals surface area contributed by atoms with E-state index in [2.05, 4.69) is 22.0 Å². The van der Waals surface area contributed by atoms with Crippen molar-refractivity contribution >= 4 is 17.6 Å². The van der Waals surface area contributed by atoms with E-state index in [1.165, 1.54) is 41.3 Å². The van der Waals surface area contributed by atoms with Crippen LogP contribution in [0.5, 0.6) is 5.75 Å². The second kappa shape index (κ2) is 11.7. The molecule has 0 radical (unpaired) electrons. The van der Waals surface area contributed by atoms with Crippen molar-refractivity contribution in [2.75, 3.05) is 37.6 Å². The van der Waals surface area contributed by atoms with Gasteiger partial charge in [0.05, 0.1) is 5.56 Å². The van der Waals surface area contributed by atoms with Gasteiger partial charge >= 0.3 is 12.4 Å². The maximum absolute atomic E-state index is 13.6. The summed E-state index contributed by atoms with van der Waals surface area (Å²) in [5.41, 5.74) is -1.18. The molecule has 8 nitrogen and oxygen atoms in total. The van der Waals surface area contributed by atoms with Crippen LogP contribution >= 0.6 is 0 Å². The van der Waals surface area contributed by atoms with Crippen molar-refractivity contribution in [2.24, 2.45) is 0 Å². The van der Waals surface area contributed by atoms with Crippen molar-refractivity contribution in [3.8, 4) is 17.6 Å². The lowest BCUT2D eigenvalue weighted by Crippen LogP contribution is -2.49. The Morgan fingerprint density at radius 1 is 0.878 bits per heavy atom. The number of aromatic hydroxyl groups is 1. The second-order valence-corrected chi connectivity index (χ2v) is 8.95. The van der Waals surface area contributed by atoms with Crippen molar-refractivity contribution in [3.05, 3.63) is 82.5 Å². The quantitative estimate of drug-likeness (QED) is 0.361.